The molecule has 4 heteroatoms. The molecule has 0 bridgehead atoms. The maximum atomic E-state index is 13.0. The van der Waals surface area contributed by atoms with Crippen LogP contribution in [-0.4, -0.2) is 23.5 Å². The third kappa shape index (κ3) is 2.48. The number of amides is 1. The van der Waals surface area contributed by atoms with Crippen LogP contribution in [0.5, 0.6) is 5.75 Å². The van der Waals surface area contributed by atoms with Crippen LogP contribution in [0.25, 0.3) is 0 Å². The lowest BCUT2D eigenvalue weighted by Crippen LogP contribution is -2.44. The van der Waals surface area contributed by atoms with E-state index in [4.69, 9.17) is 11.2 Å². The Bertz CT molecular complexity index is 820. The summed E-state index contributed by atoms with van der Waals surface area (Å²) in [4.78, 5) is 15.0. The number of hydrogen-bond donors (Lipinski definition) is 1. The van der Waals surface area contributed by atoms with Gasteiger partial charge in [0.25, 0.3) is 5.91 Å². The minimum atomic E-state index is -0.242. The van der Waals surface area contributed by atoms with Crippen LogP contribution in [0.3, 0.4) is 0 Å². The molecule has 2 aromatic carbocycles. The molecule has 1 saturated carbocycles. The van der Waals surface area contributed by atoms with E-state index in [1.54, 1.807) is 0 Å². The molecule has 4 nitrogen and oxygen atoms in total. The van der Waals surface area contributed by atoms with Crippen molar-refractivity contribution in [2.24, 2.45) is 0 Å². The van der Waals surface area contributed by atoms with E-state index in [1.807, 2.05) is 53.4 Å². The number of rotatable bonds is 4. The fraction of sp³-hybridized carbons (Fsp3) is 0.250. The predicted octanol–water partition coefficient (Wildman–Crippen LogP) is 3.43. The smallest absolute Gasteiger partial charge is 0.258 e. The average molecular weight is 318 g/mol. The van der Waals surface area contributed by atoms with Crippen molar-refractivity contribution in [3.63, 3.8) is 0 Å². The zero-order valence-electron chi connectivity index (χ0n) is 13.2. The fourth-order valence-corrected chi connectivity index (χ4v) is 3.18. The van der Waals surface area contributed by atoms with Crippen LogP contribution in [0, 0.1) is 12.3 Å². The summed E-state index contributed by atoms with van der Waals surface area (Å²) in [6.07, 6.45) is 7.16. The van der Waals surface area contributed by atoms with E-state index >= 15 is 0 Å². The van der Waals surface area contributed by atoms with Gasteiger partial charge >= 0.3 is 0 Å². The Labute approximate surface area is 141 Å². The molecule has 0 aromatic heterocycles. The van der Waals surface area contributed by atoms with E-state index in [1.165, 1.54) is 0 Å². The lowest BCUT2D eigenvalue weighted by molar-refractivity contribution is 0.0664. The molecule has 1 aliphatic heterocycles. The standard InChI is InChI=1S/C20H18N2O2/c1-2-13-24-18-10-6-4-8-16(18)19-21-17-9-5-3-7-15(17)20(23)22(19)14-11-12-14/h1,3-10,14,19,21H,11-13H2/t19-/m1/s1. The molecule has 24 heavy (non-hydrogen) atoms. The minimum absolute atomic E-state index is 0.0728. The van der Waals surface area contributed by atoms with Crippen molar-refractivity contribution < 1.29 is 9.53 Å². The van der Waals surface area contributed by atoms with E-state index in [2.05, 4.69) is 11.2 Å². The second kappa shape index (κ2) is 5.93. The number of fused-ring (bicyclic) bond motifs is 1. The molecule has 1 heterocycles. The lowest BCUT2D eigenvalue weighted by Gasteiger charge is -2.38. The van der Waals surface area contributed by atoms with Crippen LogP contribution in [0.1, 0.15) is 34.9 Å². The average Bonchev–Trinajstić information content (AvgIpc) is 3.45. The molecule has 0 unspecified atom stereocenters. The Morgan fingerprint density at radius 1 is 1.17 bits per heavy atom. The maximum absolute atomic E-state index is 13.0. The molecule has 120 valence electrons. The number of nitrogens with one attached hydrogen (secondary N) is 1. The Hall–Kier alpha value is -2.93. The minimum Gasteiger partial charge on any atom is -0.481 e. The van der Waals surface area contributed by atoms with Crippen molar-refractivity contribution in [2.75, 3.05) is 11.9 Å². The van der Waals surface area contributed by atoms with Gasteiger partial charge in [-0.2, -0.15) is 0 Å². The molecule has 0 radical (unpaired) electrons. The van der Waals surface area contributed by atoms with E-state index in [0.717, 1.165) is 29.7 Å². The van der Waals surface area contributed by atoms with Crippen molar-refractivity contribution in [1.29, 1.82) is 0 Å². The lowest BCUT2D eigenvalue weighted by atomic mass is 10.0. The summed E-state index contributed by atoms with van der Waals surface area (Å²) in [5.41, 5.74) is 2.52. The number of ether oxygens (including phenoxy) is 1. The van der Waals surface area contributed by atoms with E-state index in [0.29, 0.717) is 5.75 Å². The highest BCUT2D eigenvalue weighted by Gasteiger charge is 2.42. The number of hydrogen-bond acceptors (Lipinski definition) is 3. The number of terminal acetylenes is 1. The van der Waals surface area contributed by atoms with Gasteiger partial charge in [-0.25, -0.2) is 0 Å². The quantitative estimate of drug-likeness (QED) is 0.878. The van der Waals surface area contributed by atoms with Gasteiger partial charge in [0.2, 0.25) is 0 Å². The van der Waals surface area contributed by atoms with Crippen LogP contribution in [0.4, 0.5) is 5.69 Å². The summed E-state index contributed by atoms with van der Waals surface area (Å²) < 4.78 is 5.70. The van der Waals surface area contributed by atoms with Crippen LogP contribution in [0.2, 0.25) is 0 Å². The molecule has 1 atom stereocenters. The van der Waals surface area contributed by atoms with Crippen LogP contribution < -0.4 is 10.1 Å². The molecular formula is C20H18N2O2. The van der Waals surface area contributed by atoms with Gasteiger partial charge in [-0.15, -0.1) is 6.42 Å². The van der Waals surface area contributed by atoms with Crippen molar-refractivity contribution in [3.8, 4) is 18.1 Å². The number of carbonyl (C=O) groups excluding carboxylic acids is 1. The summed E-state index contributed by atoms with van der Waals surface area (Å²) in [7, 11) is 0. The highest BCUT2D eigenvalue weighted by molar-refractivity contribution is 6.02. The molecule has 1 aliphatic carbocycles. The van der Waals surface area contributed by atoms with Gasteiger partial charge in [-0.1, -0.05) is 36.3 Å². The van der Waals surface area contributed by atoms with Gasteiger partial charge in [0.1, 0.15) is 18.5 Å². The summed E-state index contributed by atoms with van der Waals surface area (Å²) in [6.45, 7) is 0.206. The van der Waals surface area contributed by atoms with E-state index in [9.17, 15) is 4.79 Å². The Balaban J connectivity index is 1.77. The molecule has 2 aromatic rings. The molecule has 2 aliphatic rings. The second-order valence-electron chi connectivity index (χ2n) is 6.07. The molecule has 1 N–H and O–H groups in total. The first-order chi connectivity index (χ1) is 11.8. The highest BCUT2D eigenvalue weighted by atomic mass is 16.5. The van der Waals surface area contributed by atoms with E-state index in [-0.39, 0.29) is 24.7 Å². The van der Waals surface area contributed by atoms with Crippen molar-refractivity contribution >= 4 is 11.6 Å². The molecule has 0 spiro atoms. The first-order valence-electron chi connectivity index (χ1n) is 8.13. The number of para-hydroxylation sites is 2. The second-order valence-corrected chi connectivity index (χ2v) is 6.07. The largest absolute Gasteiger partial charge is 0.481 e. The zero-order valence-corrected chi connectivity index (χ0v) is 13.2. The SMILES string of the molecule is C#CCOc1ccccc1[C@@H]1Nc2ccccc2C(=O)N1C1CC1. The van der Waals surface area contributed by atoms with Crippen LogP contribution in [0.15, 0.2) is 48.5 Å². The van der Waals surface area contributed by atoms with Crippen molar-refractivity contribution in [2.45, 2.75) is 25.0 Å². The maximum Gasteiger partial charge on any atom is 0.258 e. The van der Waals surface area contributed by atoms with Crippen molar-refractivity contribution in [3.05, 3.63) is 59.7 Å². The summed E-state index contributed by atoms with van der Waals surface area (Å²) in [5.74, 6) is 3.28. The monoisotopic (exact) mass is 318 g/mol. The molecule has 0 saturated heterocycles. The molecular weight excluding hydrogens is 300 g/mol. The molecule has 1 fully saturated rings. The summed E-state index contributed by atoms with van der Waals surface area (Å²) in [5, 5.41) is 3.51. The van der Waals surface area contributed by atoms with Crippen LogP contribution >= 0.6 is 0 Å². The molecule has 4 rings (SSSR count). The Morgan fingerprint density at radius 2 is 1.92 bits per heavy atom. The number of benzene rings is 2. The van der Waals surface area contributed by atoms with Gasteiger partial charge < -0.3 is 15.0 Å². The van der Waals surface area contributed by atoms with Crippen molar-refractivity contribution in [1.82, 2.24) is 4.90 Å². The number of anilines is 1. The van der Waals surface area contributed by atoms with Gasteiger partial charge in [-0.3, -0.25) is 4.79 Å². The Morgan fingerprint density at radius 3 is 2.71 bits per heavy atom. The predicted molar refractivity (Wildman–Crippen MR) is 92.8 cm³/mol. The Kier molecular flexibility index (Phi) is 3.62. The normalized spacial score (nSPS) is 19.2. The zero-order chi connectivity index (χ0) is 16.5. The van der Waals surface area contributed by atoms with Crippen LogP contribution in [-0.2, 0) is 0 Å². The first-order valence-corrected chi connectivity index (χ1v) is 8.13. The summed E-state index contributed by atoms with van der Waals surface area (Å²) in [6, 6.07) is 15.7. The van der Waals surface area contributed by atoms with Gasteiger partial charge in [0.05, 0.1) is 5.56 Å². The summed E-state index contributed by atoms with van der Waals surface area (Å²) >= 11 is 0. The third-order valence-corrected chi connectivity index (χ3v) is 4.43. The third-order valence-electron chi connectivity index (χ3n) is 4.43. The highest BCUT2D eigenvalue weighted by Crippen LogP contribution is 2.42. The number of nitrogens with zero attached hydrogens (tertiary/aromatic N) is 1. The van der Waals surface area contributed by atoms with Gasteiger partial charge in [0.15, 0.2) is 0 Å². The molecule has 1 amide bonds. The number of carbonyl (C=O) groups is 1. The fourth-order valence-electron chi connectivity index (χ4n) is 3.18. The van der Waals surface area contributed by atoms with Gasteiger partial charge in [-0.05, 0) is 31.0 Å². The van der Waals surface area contributed by atoms with E-state index < -0.39 is 0 Å². The first kappa shape index (κ1) is 14.6. The topological polar surface area (TPSA) is 41.6 Å². The van der Waals surface area contributed by atoms with Gasteiger partial charge in [0, 0.05) is 17.3 Å².